The minimum atomic E-state index is -0.850. The fourth-order valence-corrected chi connectivity index (χ4v) is 5.26. The zero-order valence-electron chi connectivity index (χ0n) is 20.7. The number of anilines is 1. The van der Waals surface area contributed by atoms with Crippen LogP contribution in [0.2, 0.25) is 0 Å². The Morgan fingerprint density at radius 3 is 2.58 bits per heavy atom. The van der Waals surface area contributed by atoms with E-state index < -0.39 is 5.97 Å². The first-order valence-electron chi connectivity index (χ1n) is 12.2. The highest BCUT2D eigenvalue weighted by molar-refractivity contribution is 6.29. The molecule has 1 fully saturated rings. The van der Waals surface area contributed by atoms with Gasteiger partial charge in [-0.15, -0.1) is 0 Å². The van der Waals surface area contributed by atoms with Gasteiger partial charge >= 0.3 is 5.97 Å². The molecular formula is C27H31ClFN5O2. The lowest BCUT2D eigenvalue weighted by molar-refractivity contribution is -0.136. The molecule has 190 valence electrons. The highest BCUT2D eigenvalue weighted by Gasteiger charge is 2.30. The normalized spacial score (nSPS) is 19.5. The van der Waals surface area contributed by atoms with Gasteiger partial charge in [0.1, 0.15) is 34.3 Å². The lowest BCUT2D eigenvalue weighted by Crippen LogP contribution is -2.39. The lowest BCUT2D eigenvalue weighted by atomic mass is 9.82. The van der Waals surface area contributed by atoms with Crippen molar-refractivity contribution in [2.24, 2.45) is 5.41 Å². The molecule has 0 spiro atoms. The number of benzene rings is 1. The number of aliphatic carboxylic acids is 1. The first kappa shape index (κ1) is 24.4. The summed E-state index contributed by atoms with van der Waals surface area (Å²) >= 11 is 6.51. The van der Waals surface area contributed by atoms with E-state index >= 15 is 0 Å². The van der Waals surface area contributed by atoms with Crippen molar-refractivity contribution in [3.63, 3.8) is 0 Å². The van der Waals surface area contributed by atoms with Gasteiger partial charge in [-0.1, -0.05) is 37.6 Å². The molecule has 0 radical (unpaired) electrons. The van der Waals surface area contributed by atoms with Gasteiger partial charge in [-0.05, 0) is 54.5 Å². The number of rotatable bonds is 6. The van der Waals surface area contributed by atoms with Gasteiger partial charge in [-0.3, -0.25) is 9.20 Å². The Kier molecular flexibility index (Phi) is 6.32. The summed E-state index contributed by atoms with van der Waals surface area (Å²) < 4.78 is 15.3. The molecule has 36 heavy (non-hydrogen) atoms. The quantitative estimate of drug-likeness (QED) is 0.409. The number of carboxylic acids is 1. The molecule has 0 bridgehead atoms. The summed E-state index contributed by atoms with van der Waals surface area (Å²) in [5.41, 5.74) is 5.29. The number of carbonyl (C=O) groups is 1. The van der Waals surface area contributed by atoms with E-state index in [0.717, 1.165) is 65.5 Å². The van der Waals surface area contributed by atoms with Gasteiger partial charge in [0, 0.05) is 31.3 Å². The van der Waals surface area contributed by atoms with Crippen LogP contribution in [-0.2, 0) is 17.6 Å². The average Bonchev–Trinajstić information content (AvgIpc) is 3.39. The van der Waals surface area contributed by atoms with Gasteiger partial charge in [0.15, 0.2) is 0 Å². The number of pyridine rings is 1. The maximum atomic E-state index is 13.3. The molecule has 3 N–H and O–H groups in total. The van der Waals surface area contributed by atoms with Gasteiger partial charge in [0.05, 0.1) is 12.1 Å². The van der Waals surface area contributed by atoms with Crippen molar-refractivity contribution in [3.8, 4) is 0 Å². The van der Waals surface area contributed by atoms with Gasteiger partial charge in [0.2, 0.25) is 0 Å². The summed E-state index contributed by atoms with van der Waals surface area (Å²) in [7, 11) is 0. The van der Waals surface area contributed by atoms with E-state index in [2.05, 4.69) is 29.4 Å². The van der Waals surface area contributed by atoms with E-state index in [1.165, 1.54) is 12.1 Å². The average molecular weight is 512 g/mol. The largest absolute Gasteiger partial charge is 0.481 e. The Morgan fingerprint density at radius 1 is 1.22 bits per heavy atom. The van der Waals surface area contributed by atoms with Crippen molar-refractivity contribution in [2.75, 3.05) is 18.0 Å². The molecule has 0 saturated carbocycles. The minimum Gasteiger partial charge on any atom is -0.481 e. The number of nitrogens with zero attached hydrogens (tertiary/aromatic N) is 3. The first-order valence-corrected chi connectivity index (χ1v) is 12.6. The number of hydrogen-bond donors (Lipinski definition) is 3. The van der Waals surface area contributed by atoms with Crippen molar-refractivity contribution >= 4 is 29.0 Å². The maximum absolute atomic E-state index is 13.3. The van der Waals surface area contributed by atoms with Crippen LogP contribution in [0.25, 0.3) is 5.65 Å². The molecule has 1 unspecified atom stereocenters. The van der Waals surface area contributed by atoms with E-state index in [4.69, 9.17) is 16.6 Å². The summed E-state index contributed by atoms with van der Waals surface area (Å²) in [6, 6.07) is 8.30. The van der Waals surface area contributed by atoms with Crippen LogP contribution in [-0.4, -0.2) is 33.6 Å². The molecule has 2 aliphatic rings. The Labute approximate surface area is 215 Å². The summed E-state index contributed by atoms with van der Waals surface area (Å²) in [5, 5.41) is 16.8. The molecule has 9 heteroatoms. The molecule has 1 atom stereocenters. The van der Waals surface area contributed by atoms with Gasteiger partial charge in [0.25, 0.3) is 0 Å². The van der Waals surface area contributed by atoms with Gasteiger partial charge in [-0.2, -0.15) is 0 Å². The standard InChI is InChI=1S/C27H31ClFN5O2/c1-16-12-22-30-21(25-31-20(24(28)32-25)13-17-4-6-18(29)7-5-17)15-34(22)26(19(16)14-23(35)36)33-10-8-27(2,3)9-11-33/h4-7,12,15,25,31-32H,8-11,13-14H2,1-3H3,(H,35,36). The number of aryl methyl sites for hydroxylation is 1. The SMILES string of the molecule is Cc1cc2nc(C3NC(Cl)=C(Cc4ccc(F)cc4)N3)cn2c(N2CCC(C)(C)CC2)c1CC(=O)O. The molecular weight excluding hydrogens is 481 g/mol. The monoisotopic (exact) mass is 511 g/mol. The number of halogens is 2. The number of nitrogens with one attached hydrogen (secondary N) is 2. The van der Waals surface area contributed by atoms with Crippen LogP contribution in [0.5, 0.6) is 0 Å². The van der Waals surface area contributed by atoms with Crippen LogP contribution in [0.4, 0.5) is 10.2 Å². The Bertz CT molecular complexity index is 1340. The highest BCUT2D eigenvalue weighted by atomic mass is 35.5. The first-order chi connectivity index (χ1) is 17.1. The van der Waals surface area contributed by atoms with Crippen molar-refractivity contribution in [1.29, 1.82) is 0 Å². The third-order valence-electron chi connectivity index (χ3n) is 7.26. The molecule has 3 aromatic rings. The number of carboxylic acid groups (broad SMARTS) is 1. The van der Waals surface area contributed by atoms with Crippen molar-refractivity contribution in [1.82, 2.24) is 20.0 Å². The van der Waals surface area contributed by atoms with Gasteiger partial charge in [-0.25, -0.2) is 9.37 Å². The fourth-order valence-electron chi connectivity index (χ4n) is 5.03. The Morgan fingerprint density at radius 2 is 1.92 bits per heavy atom. The lowest BCUT2D eigenvalue weighted by Gasteiger charge is -2.39. The van der Waals surface area contributed by atoms with E-state index in [0.29, 0.717) is 11.6 Å². The molecule has 5 rings (SSSR count). The number of fused-ring (bicyclic) bond motifs is 1. The fraction of sp³-hybridized carbons (Fsp3) is 0.407. The number of aromatic nitrogens is 2. The van der Waals surface area contributed by atoms with Crippen LogP contribution in [0.3, 0.4) is 0 Å². The Balaban J connectivity index is 1.47. The topological polar surface area (TPSA) is 81.9 Å². The summed E-state index contributed by atoms with van der Waals surface area (Å²) in [4.78, 5) is 18.9. The molecule has 0 aliphatic carbocycles. The second kappa shape index (κ2) is 9.32. The molecule has 7 nitrogen and oxygen atoms in total. The number of hydrogen-bond acceptors (Lipinski definition) is 5. The van der Waals surface area contributed by atoms with Crippen LogP contribution in [0.15, 0.2) is 47.4 Å². The van der Waals surface area contributed by atoms with Crippen molar-refractivity contribution in [2.45, 2.75) is 52.6 Å². The number of imidazole rings is 1. The predicted octanol–water partition coefficient (Wildman–Crippen LogP) is 4.88. The van der Waals surface area contributed by atoms with Crippen molar-refractivity contribution < 1.29 is 14.3 Å². The molecule has 2 aliphatic heterocycles. The predicted molar refractivity (Wildman–Crippen MR) is 138 cm³/mol. The minimum absolute atomic E-state index is 0.0420. The Hall–Kier alpha value is -3.26. The van der Waals surface area contributed by atoms with E-state index in [9.17, 15) is 14.3 Å². The molecule has 1 aromatic carbocycles. The summed E-state index contributed by atoms with van der Waals surface area (Å²) in [5.74, 6) is -0.216. The van der Waals surface area contributed by atoms with E-state index in [1.54, 1.807) is 12.1 Å². The zero-order valence-corrected chi connectivity index (χ0v) is 21.5. The van der Waals surface area contributed by atoms with Crippen LogP contribution in [0, 0.1) is 18.2 Å². The summed E-state index contributed by atoms with van der Waals surface area (Å²) in [6.07, 6.45) is 4.20. The van der Waals surface area contributed by atoms with Crippen LogP contribution < -0.4 is 15.5 Å². The number of piperidine rings is 1. The zero-order chi connectivity index (χ0) is 25.6. The molecule has 2 aromatic heterocycles. The highest BCUT2D eigenvalue weighted by Crippen LogP contribution is 2.36. The third-order valence-corrected chi connectivity index (χ3v) is 7.60. The van der Waals surface area contributed by atoms with Crippen LogP contribution in [0.1, 0.15) is 55.2 Å². The maximum Gasteiger partial charge on any atom is 0.307 e. The molecule has 1 saturated heterocycles. The van der Waals surface area contributed by atoms with Gasteiger partial charge < -0.3 is 20.6 Å². The smallest absolute Gasteiger partial charge is 0.307 e. The second-order valence-corrected chi connectivity index (χ2v) is 10.9. The third kappa shape index (κ3) is 4.87. The van der Waals surface area contributed by atoms with E-state index in [1.807, 2.05) is 23.6 Å². The molecule has 4 heterocycles. The summed E-state index contributed by atoms with van der Waals surface area (Å²) in [6.45, 7) is 8.24. The number of allylic oxidation sites excluding steroid dienone is 1. The second-order valence-electron chi connectivity index (χ2n) is 10.6. The van der Waals surface area contributed by atoms with Crippen LogP contribution >= 0.6 is 11.6 Å². The van der Waals surface area contributed by atoms with Crippen molar-refractivity contribution in [3.05, 3.63) is 75.6 Å². The molecule has 0 amide bonds. The van der Waals surface area contributed by atoms with E-state index in [-0.39, 0.29) is 23.8 Å².